The number of carbonyl (C=O) groups excluding carboxylic acids is 3. The molecule has 1 aromatic carbocycles. The molecule has 0 saturated heterocycles. The van der Waals surface area contributed by atoms with Crippen LogP contribution in [-0.4, -0.2) is 25.0 Å². The molecule has 1 aromatic heterocycles. The van der Waals surface area contributed by atoms with E-state index in [1.54, 1.807) is 24.3 Å². The van der Waals surface area contributed by atoms with Crippen LogP contribution in [0.5, 0.6) is 0 Å². The molecule has 1 atom stereocenters. The number of amides is 3. The van der Waals surface area contributed by atoms with Crippen molar-refractivity contribution in [2.45, 2.75) is 26.2 Å². The van der Waals surface area contributed by atoms with Gasteiger partial charge in [-0.2, -0.15) is 0 Å². The van der Waals surface area contributed by atoms with Crippen molar-refractivity contribution in [3.63, 3.8) is 0 Å². The quantitative estimate of drug-likeness (QED) is 0.862. The van der Waals surface area contributed by atoms with E-state index in [1.807, 2.05) is 6.07 Å². The second kappa shape index (κ2) is 7.70. The number of alkyl carbamates (subject to hydrolysis) is 1. The second-order valence-electron chi connectivity index (χ2n) is 6.32. The average molecular weight is 372 g/mol. The molecule has 26 heavy (non-hydrogen) atoms. The zero-order chi connectivity index (χ0) is 18.7. The lowest BCUT2D eigenvalue weighted by atomic mass is 9.88. The largest absolute Gasteiger partial charge is 0.453 e. The van der Waals surface area contributed by atoms with Crippen molar-refractivity contribution in [1.82, 2.24) is 5.32 Å². The van der Waals surface area contributed by atoms with Gasteiger partial charge < -0.3 is 10.1 Å². The highest BCUT2D eigenvalue weighted by Crippen LogP contribution is 2.39. The highest BCUT2D eigenvalue weighted by molar-refractivity contribution is 7.17. The molecule has 0 bridgehead atoms. The minimum atomic E-state index is -0.820. The van der Waals surface area contributed by atoms with Gasteiger partial charge in [0.1, 0.15) is 5.00 Å². The molecule has 1 aliphatic carbocycles. The first kappa shape index (κ1) is 18.1. The smallest absolute Gasteiger partial charge is 0.413 e. The summed E-state index contributed by atoms with van der Waals surface area (Å²) in [6, 6.07) is 8.80. The van der Waals surface area contributed by atoms with Gasteiger partial charge in [-0.3, -0.25) is 14.9 Å². The van der Waals surface area contributed by atoms with Crippen molar-refractivity contribution in [3.8, 4) is 0 Å². The summed E-state index contributed by atoms with van der Waals surface area (Å²) in [5, 5.41) is 5.51. The van der Waals surface area contributed by atoms with Gasteiger partial charge in [0.2, 0.25) is 0 Å². The summed E-state index contributed by atoms with van der Waals surface area (Å²) in [6.45, 7) is 2.17. The van der Waals surface area contributed by atoms with E-state index in [-0.39, 0.29) is 5.91 Å². The summed E-state index contributed by atoms with van der Waals surface area (Å²) < 4.78 is 4.52. The van der Waals surface area contributed by atoms with Gasteiger partial charge in [0, 0.05) is 10.4 Å². The lowest BCUT2D eigenvalue weighted by molar-refractivity contribution is 0.0937. The maximum Gasteiger partial charge on any atom is 0.413 e. The molecule has 2 aromatic rings. The van der Waals surface area contributed by atoms with Crippen molar-refractivity contribution in [2.75, 3.05) is 12.4 Å². The topological polar surface area (TPSA) is 84.5 Å². The predicted molar refractivity (Wildman–Crippen MR) is 99.8 cm³/mol. The Hall–Kier alpha value is -2.67. The molecule has 3 rings (SSSR count). The summed E-state index contributed by atoms with van der Waals surface area (Å²) in [6.07, 6.45) is 1.76. The minimum absolute atomic E-state index is 0.288. The molecular weight excluding hydrogens is 352 g/mol. The van der Waals surface area contributed by atoms with E-state index in [1.165, 1.54) is 18.4 Å². The van der Waals surface area contributed by atoms with Gasteiger partial charge in [-0.05, 0) is 42.9 Å². The number of hydrogen-bond donors (Lipinski definition) is 2. The third-order valence-electron chi connectivity index (χ3n) is 4.40. The van der Waals surface area contributed by atoms with Crippen molar-refractivity contribution in [2.24, 2.45) is 5.92 Å². The van der Waals surface area contributed by atoms with Gasteiger partial charge in [0.05, 0.1) is 12.7 Å². The predicted octanol–water partition coefficient (Wildman–Crippen LogP) is 3.62. The third-order valence-corrected chi connectivity index (χ3v) is 5.57. The van der Waals surface area contributed by atoms with E-state index in [0.29, 0.717) is 22.0 Å². The fourth-order valence-electron chi connectivity index (χ4n) is 3.05. The molecule has 0 spiro atoms. The number of benzene rings is 1. The van der Waals surface area contributed by atoms with Crippen molar-refractivity contribution < 1.29 is 19.1 Å². The van der Waals surface area contributed by atoms with E-state index < -0.39 is 12.0 Å². The monoisotopic (exact) mass is 372 g/mol. The number of fused-ring (bicyclic) bond motifs is 1. The maximum atomic E-state index is 12.6. The number of methoxy groups -OCH3 is 1. The van der Waals surface area contributed by atoms with Crippen LogP contribution in [-0.2, 0) is 17.6 Å². The van der Waals surface area contributed by atoms with Gasteiger partial charge in [0.15, 0.2) is 0 Å². The number of ether oxygens (including phenoxy) is 1. The number of anilines is 1. The number of imide groups is 1. The van der Waals surface area contributed by atoms with Gasteiger partial charge in [-0.15, -0.1) is 11.3 Å². The Labute approximate surface area is 155 Å². The second-order valence-corrected chi connectivity index (χ2v) is 7.43. The van der Waals surface area contributed by atoms with Crippen LogP contribution in [0.2, 0.25) is 0 Å². The van der Waals surface area contributed by atoms with E-state index >= 15 is 0 Å². The third kappa shape index (κ3) is 3.77. The molecule has 0 radical (unpaired) electrons. The Morgan fingerprint density at radius 2 is 1.88 bits per heavy atom. The Balaban J connectivity index is 1.94. The van der Waals surface area contributed by atoms with Crippen LogP contribution >= 0.6 is 11.3 Å². The van der Waals surface area contributed by atoms with Gasteiger partial charge in [-0.1, -0.05) is 25.1 Å². The fraction of sp³-hybridized carbons (Fsp3) is 0.316. The first-order valence-corrected chi connectivity index (χ1v) is 9.21. The zero-order valence-corrected chi connectivity index (χ0v) is 15.4. The number of carbonyl (C=O) groups is 3. The maximum absolute atomic E-state index is 12.6. The highest BCUT2D eigenvalue weighted by Gasteiger charge is 2.29. The summed E-state index contributed by atoms with van der Waals surface area (Å²) in [5.41, 5.74) is 1.79. The van der Waals surface area contributed by atoms with Crippen LogP contribution in [0.25, 0.3) is 0 Å². The summed E-state index contributed by atoms with van der Waals surface area (Å²) in [7, 11) is 1.20. The number of rotatable bonds is 3. The van der Waals surface area contributed by atoms with Gasteiger partial charge >= 0.3 is 6.09 Å². The Bertz CT molecular complexity index is 845. The molecule has 6 nitrogen and oxygen atoms in total. The van der Waals surface area contributed by atoms with Crippen LogP contribution in [0.4, 0.5) is 9.80 Å². The lowest BCUT2D eigenvalue weighted by Gasteiger charge is -2.18. The van der Waals surface area contributed by atoms with Crippen LogP contribution < -0.4 is 10.6 Å². The van der Waals surface area contributed by atoms with Crippen LogP contribution in [0, 0.1) is 5.92 Å². The Morgan fingerprint density at radius 3 is 2.58 bits per heavy atom. The van der Waals surface area contributed by atoms with Crippen LogP contribution in [0.1, 0.15) is 44.5 Å². The molecule has 1 heterocycles. The van der Waals surface area contributed by atoms with E-state index in [4.69, 9.17) is 0 Å². The van der Waals surface area contributed by atoms with Gasteiger partial charge in [0.25, 0.3) is 11.8 Å². The van der Waals surface area contributed by atoms with Crippen LogP contribution in [0.3, 0.4) is 0 Å². The average Bonchev–Trinajstić information content (AvgIpc) is 2.99. The number of thiophene rings is 1. The zero-order valence-electron chi connectivity index (χ0n) is 14.6. The summed E-state index contributed by atoms with van der Waals surface area (Å²) >= 11 is 1.41. The summed E-state index contributed by atoms with van der Waals surface area (Å²) in [5.74, 6) is -0.313. The lowest BCUT2D eigenvalue weighted by Crippen LogP contribution is -2.31. The molecule has 1 aliphatic rings. The number of nitrogens with one attached hydrogen (secondary N) is 2. The SMILES string of the molecule is COC(=O)NC(=O)c1c(NC(=O)c2ccccc2)sc2c1CC[C@H](C)C2. The van der Waals surface area contributed by atoms with E-state index in [2.05, 4.69) is 22.3 Å². The van der Waals surface area contributed by atoms with Crippen molar-refractivity contribution in [3.05, 3.63) is 51.9 Å². The Morgan fingerprint density at radius 1 is 1.15 bits per heavy atom. The first-order valence-electron chi connectivity index (χ1n) is 8.39. The van der Waals surface area contributed by atoms with Crippen molar-refractivity contribution in [1.29, 1.82) is 0 Å². The Kier molecular flexibility index (Phi) is 5.37. The standard InChI is InChI=1S/C19H20N2O4S/c1-11-8-9-13-14(10-11)26-18(15(13)17(23)21-19(24)25-2)20-16(22)12-6-4-3-5-7-12/h3-7,11H,8-10H2,1-2H3,(H,20,22)(H,21,23,24)/t11-/m0/s1. The highest BCUT2D eigenvalue weighted by atomic mass is 32.1. The molecule has 0 aliphatic heterocycles. The van der Waals surface area contributed by atoms with E-state index in [9.17, 15) is 14.4 Å². The fourth-order valence-corrected chi connectivity index (χ4v) is 4.45. The molecule has 0 unspecified atom stereocenters. The minimum Gasteiger partial charge on any atom is -0.453 e. The molecular formula is C19H20N2O4S. The van der Waals surface area contributed by atoms with E-state index in [0.717, 1.165) is 29.7 Å². The molecule has 0 fully saturated rings. The molecule has 136 valence electrons. The molecule has 3 amide bonds. The molecule has 0 saturated carbocycles. The van der Waals surface area contributed by atoms with Gasteiger partial charge in [-0.25, -0.2) is 4.79 Å². The number of hydrogen-bond acceptors (Lipinski definition) is 5. The summed E-state index contributed by atoms with van der Waals surface area (Å²) in [4.78, 5) is 37.7. The normalized spacial score (nSPS) is 15.7. The van der Waals surface area contributed by atoms with Crippen LogP contribution in [0.15, 0.2) is 30.3 Å². The molecule has 2 N–H and O–H groups in total. The first-order chi connectivity index (χ1) is 12.5. The molecule has 7 heteroatoms. The van der Waals surface area contributed by atoms with Crippen molar-refractivity contribution >= 4 is 34.2 Å².